The van der Waals surface area contributed by atoms with Crippen LogP contribution in [-0.4, -0.2) is 26.3 Å². The summed E-state index contributed by atoms with van der Waals surface area (Å²) in [6.07, 6.45) is 1.36. The van der Waals surface area contributed by atoms with E-state index in [1.54, 1.807) is 41.8 Å². The Morgan fingerprint density at radius 2 is 1.96 bits per heavy atom. The molecule has 9 heteroatoms. The highest BCUT2D eigenvalue weighted by Crippen LogP contribution is 2.23. The van der Waals surface area contributed by atoms with Crippen molar-refractivity contribution in [3.05, 3.63) is 81.0 Å². The zero-order valence-corrected chi connectivity index (χ0v) is 15.1. The lowest BCUT2D eigenvalue weighted by Crippen LogP contribution is -2.15. The molecule has 27 heavy (non-hydrogen) atoms. The monoisotopic (exact) mass is 400 g/mol. The van der Waals surface area contributed by atoms with Crippen molar-refractivity contribution in [2.24, 2.45) is 0 Å². The molecule has 4 rings (SSSR count). The minimum atomic E-state index is -0.958. The van der Waals surface area contributed by atoms with E-state index in [-0.39, 0.29) is 27.6 Å². The second kappa shape index (κ2) is 6.90. The lowest BCUT2D eigenvalue weighted by atomic mass is 10.2. The predicted molar refractivity (Wildman–Crippen MR) is 100 cm³/mol. The smallest absolute Gasteiger partial charge is 0.258 e. The predicted octanol–water partition coefficient (Wildman–Crippen LogP) is 4.07. The summed E-state index contributed by atoms with van der Waals surface area (Å²) in [6.45, 7) is 0. The first kappa shape index (κ1) is 17.3. The molecule has 0 aliphatic carbocycles. The normalized spacial score (nSPS) is 10.9. The van der Waals surface area contributed by atoms with E-state index >= 15 is 0 Å². The van der Waals surface area contributed by atoms with Gasteiger partial charge in [-0.2, -0.15) is 8.91 Å². The third kappa shape index (κ3) is 3.09. The van der Waals surface area contributed by atoms with Crippen molar-refractivity contribution in [2.45, 2.75) is 0 Å². The van der Waals surface area contributed by atoms with E-state index in [2.05, 4.69) is 15.4 Å². The molecule has 0 fully saturated rings. The highest BCUT2D eigenvalue weighted by Gasteiger charge is 2.24. The Kier molecular flexibility index (Phi) is 4.43. The zero-order chi connectivity index (χ0) is 19.0. The minimum Gasteiger partial charge on any atom is -0.306 e. The van der Waals surface area contributed by atoms with Crippen molar-refractivity contribution in [3.63, 3.8) is 0 Å². The molecule has 0 saturated carbocycles. The third-order valence-corrected chi connectivity index (χ3v) is 5.01. The zero-order valence-electron chi connectivity index (χ0n) is 13.5. The molecule has 3 aromatic heterocycles. The molecular formula is C18H10ClFN4O2S. The van der Waals surface area contributed by atoms with Crippen LogP contribution in [-0.2, 0) is 0 Å². The number of fused-ring (bicyclic) bond motifs is 1. The second-order valence-corrected chi connectivity index (χ2v) is 6.83. The van der Waals surface area contributed by atoms with E-state index < -0.39 is 17.6 Å². The Labute approximate surface area is 161 Å². The van der Waals surface area contributed by atoms with Gasteiger partial charge in [0.05, 0.1) is 15.5 Å². The highest BCUT2D eigenvalue weighted by atomic mass is 35.5. The van der Waals surface area contributed by atoms with Gasteiger partial charge in [-0.25, -0.2) is 4.98 Å². The van der Waals surface area contributed by atoms with Crippen LogP contribution in [0.15, 0.2) is 54.0 Å². The van der Waals surface area contributed by atoms with Crippen LogP contribution >= 0.6 is 22.9 Å². The van der Waals surface area contributed by atoms with Gasteiger partial charge in [0.2, 0.25) is 11.7 Å². The van der Waals surface area contributed by atoms with Crippen LogP contribution in [0, 0.1) is 5.95 Å². The van der Waals surface area contributed by atoms with Crippen LogP contribution in [0.4, 0.5) is 10.2 Å². The number of hydrogen-bond acceptors (Lipinski definition) is 5. The van der Waals surface area contributed by atoms with Crippen molar-refractivity contribution in [2.75, 3.05) is 5.32 Å². The summed E-state index contributed by atoms with van der Waals surface area (Å²) in [6, 6.07) is 11.3. The fraction of sp³-hybridized carbons (Fsp3) is 0. The van der Waals surface area contributed by atoms with Crippen molar-refractivity contribution in [1.29, 1.82) is 0 Å². The number of anilines is 1. The number of nitrogens with one attached hydrogen (secondary N) is 1. The Balaban J connectivity index is 1.76. The van der Waals surface area contributed by atoms with Gasteiger partial charge in [-0.3, -0.25) is 9.59 Å². The van der Waals surface area contributed by atoms with Crippen LogP contribution in [0.3, 0.4) is 0 Å². The van der Waals surface area contributed by atoms with E-state index in [1.807, 2.05) is 0 Å². The summed E-state index contributed by atoms with van der Waals surface area (Å²) in [5, 5.41) is 8.35. The molecule has 134 valence electrons. The first-order valence-electron chi connectivity index (χ1n) is 7.73. The molecular weight excluding hydrogens is 391 g/mol. The number of halogens is 2. The van der Waals surface area contributed by atoms with E-state index in [0.717, 1.165) is 4.52 Å². The number of benzene rings is 1. The van der Waals surface area contributed by atoms with Crippen LogP contribution in [0.2, 0.25) is 5.02 Å². The molecule has 1 aromatic carbocycles. The van der Waals surface area contributed by atoms with Gasteiger partial charge in [0.25, 0.3) is 5.91 Å². The van der Waals surface area contributed by atoms with Crippen molar-refractivity contribution in [1.82, 2.24) is 14.6 Å². The number of rotatable bonds is 4. The molecule has 0 radical (unpaired) electrons. The average Bonchev–Trinajstić information content (AvgIpc) is 3.29. The summed E-state index contributed by atoms with van der Waals surface area (Å²) in [5.41, 5.74) is 0.0285. The Bertz CT molecular complexity index is 1170. The molecule has 0 spiro atoms. The van der Waals surface area contributed by atoms with Gasteiger partial charge in [-0.05, 0) is 29.6 Å². The van der Waals surface area contributed by atoms with E-state index in [4.69, 9.17) is 11.6 Å². The molecule has 1 N–H and O–H groups in total. The largest absolute Gasteiger partial charge is 0.306 e. The number of aromatic nitrogens is 3. The fourth-order valence-corrected chi connectivity index (χ4v) is 3.46. The van der Waals surface area contributed by atoms with Crippen LogP contribution in [0.5, 0.6) is 0 Å². The van der Waals surface area contributed by atoms with Crippen LogP contribution in [0.1, 0.15) is 25.6 Å². The molecule has 0 atom stereocenters. The lowest BCUT2D eigenvalue weighted by molar-refractivity contribution is 0.102. The van der Waals surface area contributed by atoms with Gasteiger partial charge >= 0.3 is 0 Å². The molecule has 4 aromatic rings. The molecule has 0 aliphatic heterocycles. The first-order chi connectivity index (χ1) is 13.1. The standard InChI is InChI=1S/C18H10ClFN4O2S/c19-11-5-2-1-4-10(11)18(26)22-13-7-8-21-17-14(16(20)23-24(13)17)15(25)12-6-3-9-27-12/h1-9H,(H,22,26). The van der Waals surface area contributed by atoms with Crippen LogP contribution in [0.25, 0.3) is 5.65 Å². The maximum atomic E-state index is 14.4. The van der Waals surface area contributed by atoms with Gasteiger partial charge in [0, 0.05) is 6.20 Å². The van der Waals surface area contributed by atoms with E-state index in [9.17, 15) is 14.0 Å². The quantitative estimate of drug-likeness (QED) is 0.524. The molecule has 0 unspecified atom stereocenters. The number of carbonyl (C=O) groups is 2. The van der Waals surface area contributed by atoms with Crippen LogP contribution < -0.4 is 5.32 Å². The van der Waals surface area contributed by atoms with E-state index in [1.165, 1.54) is 23.6 Å². The maximum absolute atomic E-state index is 14.4. The average molecular weight is 401 g/mol. The third-order valence-electron chi connectivity index (χ3n) is 3.81. The van der Waals surface area contributed by atoms with Gasteiger partial charge in [0.1, 0.15) is 11.4 Å². The van der Waals surface area contributed by atoms with Gasteiger partial charge in [-0.1, -0.05) is 29.8 Å². The van der Waals surface area contributed by atoms with Crippen molar-refractivity contribution in [3.8, 4) is 0 Å². The topological polar surface area (TPSA) is 76.4 Å². The summed E-state index contributed by atoms with van der Waals surface area (Å²) in [7, 11) is 0. The van der Waals surface area contributed by atoms with Crippen molar-refractivity contribution >= 4 is 46.1 Å². The first-order valence-corrected chi connectivity index (χ1v) is 8.99. The molecule has 1 amide bonds. The molecule has 0 saturated heterocycles. The minimum absolute atomic E-state index is 0.0165. The Hall–Kier alpha value is -3.10. The fourth-order valence-electron chi connectivity index (χ4n) is 2.57. The molecule has 0 bridgehead atoms. The SMILES string of the molecule is O=C(Nc1ccnc2c(C(=O)c3cccs3)c(F)nn12)c1ccccc1Cl. The van der Waals surface area contributed by atoms with Crippen molar-refractivity contribution < 1.29 is 14.0 Å². The van der Waals surface area contributed by atoms with Gasteiger partial charge in [0.15, 0.2) is 5.65 Å². The highest BCUT2D eigenvalue weighted by molar-refractivity contribution is 7.12. The number of thiophene rings is 1. The van der Waals surface area contributed by atoms with Gasteiger partial charge < -0.3 is 5.32 Å². The number of carbonyl (C=O) groups excluding carboxylic acids is 2. The van der Waals surface area contributed by atoms with E-state index in [0.29, 0.717) is 4.88 Å². The number of ketones is 1. The summed E-state index contributed by atoms with van der Waals surface area (Å²) < 4.78 is 15.5. The Morgan fingerprint density at radius 1 is 1.15 bits per heavy atom. The number of nitrogens with zero attached hydrogens (tertiary/aromatic N) is 3. The van der Waals surface area contributed by atoms with Gasteiger partial charge in [-0.15, -0.1) is 16.4 Å². The summed E-state index contributed by atoms with van der Waals surface area (Å²) >= 11 is 7.23. The second-order valence-electron chi connectivity index (χ2n) is 5.47. The number of amides is 1. The number of hydrogen-bond donors (Lipinski definition) is 1. The Morgan fingerprint density at radius 3 is 2.70 bits per heavy atom. The molecule has 0 aliphatic rings. The summed E-state index contributed by atoms with van der Waals surface area (Å²) in [5.74, 6) is -1.80. The lowest BCUT2D eigenvalue weighted by Gasteiger charge is -2.08. The molecule has 3 heterocycles. The molecule has 6 nitrogen and oxygen atoms in total. The maximum Gasteiger partial charge on any atom is 0.258 e. The summed E-state index contributed by atoms with van der Waals surface area (Å²) in [4.78, 5) is 29.5.